The summed E-state index contributed by atoms with van der Waals surface area (Å²) in [5, 5.41) is 10.2. The van der Waals surface area contributed by atoms with Crippen LogP contribution in [-0.2, 0) is 4.79 Å². The number of aliphatic hydroxyl groups is 1. The van der Waals surface area contributed by atoms with E-state index in [2.05, 4.69) is 19.1 Å². The molecule has 0 aromatic carbocycles. The number of carbonyl (C=O) groups excluding carboxylic acids is 1. The van der Waals surface area contributed by atoms with E-state index in [0.29, 0.717) is 12.8 Å². The third-order valence-electron chi connectivity index (χ3n) is 4.72. The highest BCUT2D eigenvalue weighted by atomic mass is 16.3. The summed E-state index contributed by atoms with van der Waals surface area (Å²) < 4.78 is 0. The van der Waals surface area contributed by atoms with Crippen molar-refractivity contribution in [2.75, 3.05) is 0 Å². The number of rotatable bonds is 17. The van der Waals surface area contributed by atoms with Crippen LogP contribution in [0.4, 0.5) is 0 Å². The zero-order valence-electron chi connectivity index (χ0n) is 16.2. The van der Waals surface area contributed by atoms with Gasteiger partial charge in [0.25, 0.3) is 0 Å². The Kier molecular flexibility index (Phi) is 15.1. The molecule has 0 heterocycles. The molecule has 3 heteroatoms. The maximum atomic E-state index is 11.3. The summed E-state index contributed by atoms with van der Waals surface area (Å²) in [4.78, 5) is 11.3. The molecule has 0 aliphatic rings. The highest BCUT2D eigenvalue weighted by Gasteiger charge is 2.31. The van der Waals surface area contributed by atoms with Crippen molar-refractivity contribution in [2.45, 2.75) is 116 Å². The molecule has 0 aliphatic carbocycles. The predicted molar refractivity (Wildman–Crippen MR) is 104 cm³/mol. The van der Waals surface area contributed by atoms with Crippen molar-refractivity contribution >= 4 is 5.91 Å². The number of carbonyl (C=O) groups is 1. The zero-order chi connectivity index (χ0) is 18.1. The Hall–Kier alpha value is -0.830. The first-order valence-electron chi connectivity index (χ1n) is 10.2. The number of allylic oxidation sites excluding steroid dienone is 2. The van der Waals surface area contributed by atoms with Gasteiger partial charge in [0.1, 0.15) is 5.60 Å². The second kappa shape index (κ2) is 15.7. The summed E-state index contributed by atoms with van der Waals surface area (Å²) in [7, 11) is 0. The topological polar surface area (TPSA) is 63.3 Å². The van der Waals surface area contributed by atoms with E-state index >= 15 is 0 Å². The summed E-state index contributed by atoms with van der Waals surface area (Å²) in [6.07, 6.45) is 21.2. The molecule has 0 saturated carbocycles. The molecule has 1 atom stereocenters. The molecule has 142 valence electrons. The van der Waals surface area contributed by atoms with Gasteiger partial charge in [0.2, 0.25) is 5.91 Å². The molecule has 0 spiro atoms. The Morgan fingerprint density at radius 3 is 1.79 bits per heavy atom. The van der Waals surface area contributed by atoms with E-state index in [-0.39, 0.29) is 0 Å². The van der Waals surface area contributed by atoms with Crippen molar-refractivity contribution in [2.24, 2.45) is 5.73 Å². The highest BCUT2D eigenvalue weighted by molar-refractivity contribution is 5.83. The molecule has 0 aromatic rings. The Bertz CT molecular complexity index is 328. The predicted octanol–water partition coefficient (Wildman–Crippen LogP) is 5.65. The van der Waals surface area contributed by atoms with Crippen LogP contribution in [-0.4, -0.2) is 16.6 Å². The van der Waals surface area contributed by atoms with Gasteiger partial charge in [0.15, 0.2) is 0 Å². The van der Waals surface area contributed by atoms with E-state index in [0.717, 1.165) is 32.1 Å². The van der Waals surface area contributed by atoms with E-state index < -0.39 is 11.5 Å². The van der Waals surface area contributed by atoms with Crippen molar-refractivity contribution in [1.82, 2.24) is 0 Å². The van der Waals surface area contributed by atoms with Crippen molar-refractivity contribution in [3.05, 3.63) is 12.2 Å². The lowest BCUT2D eigenvalue weighted by Gasteiger charge is -2.23. The molecule has 0 rings (SSSR count). The van der Waals surface area contributed by atoms with Gasteiger partial charge in [-0.2, -0.15) is 0 Å². The van der Waals surface area contributed by atoms with E-state index in [1.165, 1.54) is 51.4 Å². The summed E-state index contributed by atoms with van der Waals surface area (Å²) >= 11 is 0. The zero-order valence-corrected chi connectivity index (χ0v) is 16.2. The molecule has 3 N–H and O–H groups in total. The van der Waals surface area contributed by atoms with Gasteiger partial charge < -0.3 is 10.8 Å². The molecule has 24 heavy (non-hydrogen) atoms. The minimum Gasteiger partial charge on any atom is -0.380 e. The molecule has 3 nitrogen and oxygen atoms in total. The van der Waals surface area contributed by atoms with Gasteiger partial charge in [-0.3, -0.25) is 4.79 Å². The molecule has 0 aliphatic heterocycles. The van der Waals surface area contributed by atoms with Gasteiger partial charge in [-0.05, 0) is 38.5 Å². The Morgan fingerprint density at radius 2 is 1.29 bits per heavy atom. The highest BCUT2D eigenvalue weighted by Crippen LogP contribution is 2.21. The molecular formula is C21H41NO2. The Labute approximate surface area is 150 Å². The smallest absolute Gasteiger partial charge is 0.249 e. The lowest BCUT2D eigenvalue weighted by molar-refractivity contribution is -0.137. The first-order chi connectivity index (χ1) is 11.6. The van der Waals surface area contributed by atoms with Gasteiger partial charge >= 0.3 is 0 Å². The normalized spacial score (nSPS) is 14.1. The van der Waals surface area contributed by atoms with Crippen LogP contribution < -0.4 is 5.73 Å². The van der Waals surface area contributed by atoms with Crippen LogP contribution in [0.2, 0.25) is 0 Å². The van der Waals surface area contributed by atoms with Crippen LogP contribution in [0, 0.1) is 0 Å². The van der Waals surface area contributed by atoms with Crippen molar-refractivity contribution < 1.29 is 9.90 Å². The molecule has 0 bridgehead atoms. The summed E-state index contributed by atoms with van der Waals surface area (Å²) in [5.41, 5.74) is 4.03. The fourth-order valence-electron chi connectivity index (χ4n) is 3.10. The molecule has 1 amide bonds. The summed E-state index contributed by atoms with van der Waals surface area (Å²) in [6.45, 7) is 4.22. The molecular weight excluding hydrogens is 298 g/mol. The van der Waals surface area contributed by atoms with Gasteiger partial charge in [-0.25, -0.2) is 0 Å². The number of hydrogen-bond acceptors (Lipinski definition) is 2. The largest absolute Gasteiger partial charge is 0.380 e. The first-order valence-corrected chi connectivity index (χ1v) is 10.2. The van der Waals surface area contributed by atoms with Gasteiger partial charge in [0.05, 0.1) is 0 Å². The lowest BCUT2D eigenvalue weighted by Crippen LogP contribution is -2.43. The van der Waals surface area contributed by atoms with Crippen LogP contribution in [0.1, 0.15) is 110 Å². The van der Waals surface area contributed by atoms with Gasteiger partial charge in [0, 0.05) is 0 Å². The Morgan fingerprint density at radius 1 is 0.792 bits per heavy atom. The number of hydrogen-bond donors (Lipinski definition) is 2. The molecule has 0 radical (unpaired) electrons. The number of nitrogens with two attached hydrogens (primary N) is 1. The SMILES string of the molecule is CCCCCCCCC=CCCCCCCC(O)(CCC)C(N)=O. The van der Waals surface area contributed by atoms with Crippen molar-refractivity contribution in [1.29, 1.82) is 0 Å². The number of primary amides is 1. The molecule has 0 saturated heterocycles. The van der Waals surface area contributed by atoms with Crippen LogP contribution in [0.25, 0.3) is 0 Å². The average Bonchev–Trinajstić information content (AvgIpc) is 2.55. The monoisotopic (exact) mass is 339 g/mol. The molecule has 0 aromatic heterocycles. The van der Waals surface area contributed by atoms with E-state index in [4.69, 9.17) is 5.73 Å². The van der Waals surface area contributed by atoms with Crippen LogP contribution in [0.3, 0.4) is 0 Å². The molecule has 0 fully saturated rings. The standard InChI is InChI=1S/C21H41NO2/c1-3-5-6-7-8-9-10-11-12-13-14-15-16-17-19-21(24,18-4-2)20(22)23/h11-12,24H,3-10,13-19H2,1-2H3,(H2,22,23). The van der Waals surface area contributed by atoms with E-state index in [1.54, 1.807) is 0 Å². The second-order valence-corrected chi connectivity index (χ2v) is 7.13. The average molecular weight is 340 g/mol. The fraction of sp³-hybridized carbons (Fsp3) is 0.857. The maximum Gasteiger partial charge on any atom is 0.249 e. The van der Waals surface area contributed by atoms with Crippen LogP contribution in [0.5, 0.6) is 0 Å². The minimum atomic E-state index is -1.29. The van der Waals surface area contributed by atoms with Gasteiger partial charge in [-0.15, -0.1) is 0 Å². The molecule has 1 unspecified atom stereocenters. The number of amides is 1. The van der Waals surface area contributed by atoms with Crippen molar-refractivity contribution in [3.8, 4) is 0 Å². The lowest BCUT2D eigenvalue weighted by atomic mass is 9.90. The summed E-state index contributed by atoms with van der Waals surface area (Å²) in [6, 6.07) is 0. The van der Waals surface area contributed by atoms with Gasteiger partial charge in [-0.1, -0.05) is 83.8 Å². The summed E-state index contributed by atoms with van der Waals surface area (Å²) in [5.74, 6) is -0.568. The van der Waals surface area contributed by atoms with Crippen LogP contribution in [0.15, 0.2) is 12.2 Å². The first kappa shape index (κ1) is 23.2. The Balaban J connectivity index is 3.47. The second-order valence-electron chi connectivity index (χ2n) is 7.13. The third-order valence-corrected chi connectivity index (χ3v) is 4.72. The quantitative estimate of drug-likeness (QED) is 0.266. The fourth-order valence-corrected chi connectivity index (χ4v) is 3.10. The van der Waals surface area contributed by atoms with E-state index in [9.17, 15) is 9.90 Å². The minimum absolute atomic E-state index is 0.476. The van der Waals surface area contributed by atoms with Crippen molar-refractivity contribution in [3.63, 3.8) is 0 Å². The van der Waals surface area contributed by atoms with Crippen LogP contribution >= 0.6 is 0 Å². The maximum absolute atomic E-state index is 11.3. The number of unbranched alkanes of at least 4 members (excludes halogenated alkanes) is 10. The third kappa shape index (κ3) is 12.6. The van der Waals surface area contributed by atoms with E-state index in [1.807, 2.05) is 6.92 Å².